The van der Waals surface area contributed by atoms with Crippen molar-refractivity contribution in [1.82, 2.24) is 9.97 Å². The summed E-state index contributed by atoms with van der Waals surface area (Å²) in [6, 6.07) is 0. The fourth-order valence-electron chi connectivity index (χ4n) is 1.05. The highest BCUT2D eigenvalue weighted by Crippen LogP contribution is 1.96. The van der Waals surface area contributed by atoms with Crippen molar-refractivity contribution in [3.05, 3.63) is 26.4 Å². The Morgan fingerprint density at radius 2 is 2.09 bits per heavy atom. The summed E-state index contributed by atoms with van der Waals surface area (Å²) < 4.78 is 0.393. The van der Waals surface area contributed by atoms with E-state index in [1.165, 1.54) is 0 Å². The molecular formula is C7H10N2OS. The summed E-state index contributed by atoms with van der Waals surface area (Å²) in [5.41, 5.74) is 1.56. The molecule has 1 aromatic rings. The van der Waals surface area contributed by atoms with Crippen LogP contribution in [0.4, 0.5) is 0 Å². The van der Waals surface area contributed by atoms with Crippen LogP contribution in [0.15, 0.2) is 4.79 Å². The standard InChI is InChI=1S/C7H10N2OS/c1-3-5-4(2)8-7(11)9-6(5)10/h3H2,1-2H3,(H2,8,9,10,11). The van der Waals surface area contributed by atoms with Crippen LogP contribution in [-0.4, -0.2) is 9.97 Å². The molecule has 0 amide bonds. The van der Waals surface area contributed by atoms with Crippen LogP contribution in [0.2, 0.25) is 0 Å². The van der Waals surface area contributed by atoms with E-state index >= 15 is 0 Å². The zero-order valence-electron chi connectivity index (χ0n) is 6.52. The fourth-order valence-corrected chi connectivity index (χ4v) is 1.30. The van der Waals surface area contributed by atoms with Gasteiger partial charge in [-0.05, 0) is 25.6 Å². The Morgan fingerprint density at radius 3 is 2.55 bits per heavy atom. The topological polar surface area (TPSA) is 48.6 Å². The molecule has 0 radical (unpaired) electrons. The highest BCUT2D eigenvalue weighted by molar-refractivity contribution is 7.71. The maximum atomic E-state index is 11.1. The molecule has 0 aliphatic rings. The molecule has 0 spiro atoms. The van der Waals surface area contributed by atoms with Crippen LogP contribution in [0.25, 0.3) is 0 Å². The number of aryl methyl sites for hydroxylation is 1. The Labute approximate surface area is 69.5 Å². The summed E-state index contributed by atoms with van der Waals surface area (Å²) in [6.45, 7) is 3.79. The molecule has 0 bridgehead atoms. The molecule has 2 N–H and O–H groups in total. The third-order valence-electron chi connectivity index (χ3n) is 1.61. The van der Waals surface area contributed by atoms with E-state index in [0.717, 1.165) is 17.7 Å². The Morgan fingerprint density at radius 1 is 1.45 bits per heavy atom. The lowest BCUT2D eigenvalue weighted by molar-refractivity contribution is 0.947. The Balaban J connectivity index is 3.49. The smallest absolute Gasteiger partial charge is 0.255 e. The van der Waals surface area contributed by atoms with E-state index in [0.29, 0.717) is 4.77 Å². The van der Waals surface area contributed by atoms with E-state index in [4.69, 9.17) is 12.2 Å². The van der Waals surface area contributed by atoms with Crippen molar-refractivity contribution in [1.29, 1.82) is 0 Å². The molecule has 0 aliphatic carbocycles. The van der Waals surface area contributed by atoms with Gasteiger partial charge in [-0.15, -0.1) is 0 Å². The lowest BCUT2D eigenvalue weighted by Gasteiger charge is -1.99. The number of aromatic nitrogens is 2. The first-order chi connectivity index (χ1) is 5.15. The molecule has 0 unspecified atom stereocenters. The van der Waals surface area contributed by atoms with E-state index in [-0.39, 0.29) is 5.56 Å². The van der Waals surface area contributed by atoms with E-state index in [1.807, 2.05) is 13.8 Å². The monoisotopic (exact) mass is 170 g/mol. The van der Waals surface area contributed by atoms with Crippen LogP contribution < -0.4 is 5.56 Å². The summed E-state index contributed by atoms with van der Waals surface area (Å²) in [5.74, 6) is 0. The lowest BCUT2D eigenvalue weighted by Crippen LogP contribution is -2.15. The van der Waals surface area contributed by atoms with Gasteiger partial charge in [-0.1, -0.05) is 6.92 Å². The maximum Gasteiger partial charge on any atom is 0.255 e. The molecule has 0 aliphatic heterocycles. The number of nitrogens with one attached hydrogen (secondary N) is 2. The first-order valence-corrected chi connectivity index (χ1v) is 3.88. The minimum atomic E-state index is -0.0752. The molecule has 0 fully saturated rings. The molecule has 0 saturated heterocycles. The largest absolute Gasteiger partial charge is 0.336 e. The molecule has 4 heteroatoms. The lowest BCUT2D eigenvalue weighted by atomic mass is 10.2. The third kappa shape index (κ3) is 1.57. The van der Waals surface area contributed by atoms with Gasteiger partial charge in [0, 0.05) is 11.3 Å². The second-order valence-corrected chi connectivity index (χ2v) is 2.77. The van der Waals surface area contributed by atoms with Gasteiger partial charge in [0.15, 0.2) is 4.77 Å². The predicted octanol–water partition coefficient (Wildman–Crippen LogP) is 1.30. The zero-order chi connectivity index (χ0) is 8.43. The van der Waals surface area contributed by atoms with E-state index < -0.39 is 0 Å². The van der Waals surface area contributed by atoms with Gasteiger partial charge in [-0.25, -0.2) is 0 Å². The van der Waals surface area contributed by atoms with Crippen LogP contribution >= 0.6 is 12.2 Å². The van der Waals surface area contributed by atoms with Crippen molar-refractivity contribution in [2.45, 2.75) is 20.3 Å². The number of hydrogen-bond donors (Lipinski definition) is 2. The second-order valence-electron chi connectivity index (χ2n) is 2.37. The van der Waals surface area contributed by atoms with Crippen LogP contribution in [0.1, 0.15) is 18.2 Å². The first-order valence-electron chi connectivity index (χ1n) is 3.47. The summed E-state index contributed by atoms with van der Waals surface area (Å²) >= 11 is 4.78. The Kier molecular flexibility index (Phi) is 2.24. The van der Waals surface area contributed by atoms with Gasteiger partial charge in [0.1, 0.15) is 0 Å². The number of aromatic amines is 2. The van der Waals surface area contributed by atoms with Gasteiger partial charge < -0.3 is 4.98 Å². The van der Waals surface area contributed by atoms with E-state index in [9.17, 15) is 4.79 Å². The molecule has 11 heavy (non-hydrogen) atoms. The highest BCUT2D eigenvalue weighted by atomic mass is 32.1. The number of H-pyrrole nitrogens is 2. The molecule has 60 valence electrons. The summed E-state index contributed by atoms with van der Waals surface area (Å²) in [4.78, 5) is 16.6. The molecule has 0 atom stereocenters. The van der Waals surface area contributed by atoms with Crippen molar-refractivity contribution in [2.75, 3.05) is 0 Å². The van der Waals surface area contributed by atoms with Gasteiger partial charge in [0.25, 0.3) is 5.56 Å². The Hall–Kier alpha value is -0.900. The van der Waals surface area contributed by atoms with Gasteiger partial charge in [0.05, 0.1) is 0 Å². The normalized spacial score (nSPS) is 10.0. The maximum absolute atomic E-state index is 11.1. The van der Waals surface area contributed by atoms with Crippen LogP contribution in [0, 0.1) is 11.7 Å². The van der Waals surface area contributed by atoms with Crippen LogP contribution in [0.3, 0.4) is 0 Å². The van der Waals surface area contributed by atoms with Crippen molar-refractivity contribution in [2.24, 2.45) is 0 Å². The number of rotatable bonds is 1. The minimum absolute atomic E-state index is 0.0752. The zero-order valence-corrected chi connectivity index (χ0v) is 7.34. The average molecular weight is 170 g/mol. The summed E-state index contributed by atoms with van der Waals surface area (Å²) in [5, 5.41) is 0. The van der Waals surface area contributed by atoms with Gasteiger partial charge >= 0.3 is 0 Å². The second kappa shape index (κ2) is 3.00. The minimum Gasteiger partial charge on any atom is -0.336 e. The van der Waals surface area contributed by atoms with Crippen molar-refractivity contribution in [3.63, 3.8) is 0 Å². The van der Waals surface area contributed by atoms with Crippen LogP contribution in [-0.2, 0) is 6.42 Å². The van der Waals surface area contributed by atoms with Crippen LogP contribution in [0.5, 0.6) is 0 Å². The first kappa shape index (κ1) is 8.20. The van der Waals surface area contributed by atoms with Gasteiger partial charge in [-0.3, -0.25) is 9.78 Å². The quantitative estimate of drug-likeness (QED) is 0.624. The average Bonchev–Trinajstić information content (AvgIpc) is 1.85. The number of hydrogen-bond acceptors (Lipinski definition) is 2. The SMILES string of the molecule is CCc1c(C)[nH]c(=S)[nH]c1=O. The molecule has 3 nitrogen and oxygen atoms in total. The van der Waals surface area contributed by atoms with Gasteiger partial charge in [0.2, 0.25) is 0 Å². The van der Waals surface area contributed by atoms with Gasteiger partial charge in [-0.2, -0.15) is 0 Å². The van der Waals surface area contributed by atoms with Crippen molar-refractivity contribution < 1.29 is 0 Å². The fraction of sp³-hybridized carbons (Fsp3) is 0.429. The van der Waals surface area contributed by atoms with E-state index in [2.05, 4.69) is 9.97 Å². The van der Waals surface area contributed by atoms with E-state index in [1.54, 1.807) is 0 Å². The molecule has 0 saturated carbocycles. The summed E-state index contributed by atoms with van der Waals surface area (Å²) in [7, 11) is 0. The molecule has 0 aromatic carbocycles. The van der Waals surface area contributed by atoms with Crippen molar-refractivity contribution in [3.8, 4) is 0 Å². The highest BCUT2D eigenvalue weighted by Gasteiger charge is 1.99. The summed E-state index contributed by atoms with van der Waals surface area (Å²) in [6.07, 6.45) is 0.729. The molecule has 1 rings (SSSR count). The predicted molar refractivity (Wildman–Crippen MR) is 46.4 cm³/mol. The molecule has 1 aromatic heterocycles. The molecule has 1 heterocycles. The molecular weight excluding hydrogens is 160 g/mol. The third-order valence-corrected chi connectivity index (χ3v) is 1.81. The van der Waals surface area contributed by atoms with Crippen molar-refractivity contribution >= 4 is 12.2 Å². The Bertz CT molecular complexity index is 363.